The third-order valence-electron chi connectivity index (χ3n) is 3.18. The van der Waals surface area contributed by atoms with Crippen molar-refractivity contribution in [1.82, 2.24) is 0 Å². The molecule has 76 valence electrons. The molecule has 0 aromatic carbocycles. The Bertz CT molecular complexity index is 149. The van der Waals surface area contributed by atoms with E-state index in [9.17, 15) is 0 Å². The van der Waals surface area contributed by atoms with E-state index in [2.05, 4.69) is 5.73 Å². The molecule has 1 heterocycles. The first kappa shape index (κ1) is 9.44. The van der Waals surface area contributed by atoms with Crippen molar-refractivity contribution in [2.75, 3.05) is 13.2 Å². The van der Waals surface area contributed by atoms with E-state index in [1.165, 1.54) is 25.7 Å². The molecule has 0 aromatic heterocycles. The van der Waals surface area contributed by atoms with Crippen LogP contribution < -0.4 is 5.73 Å². The van der Waals surface area contributed by atoms with Gasteiger partial charge in [-0.25, -0.2) is 0 Å². The van der Waals surface area contributed by atoms with Crippen molar-refractivity contribution < 1.29 is 15.2 Å². The molecule has 3 nitrogen and oxygen atoms in total. The normalized spacial score (nSPS) is 36.7. The van der Waals surface area contributed by atoms with Crippen molar-refractivity contribution in [1.29, 1.82) is 0 Å². The molecule has 1 aliphatic heterocycles. The summed E-state index contributed by atoms with van der Waals surface area (Å²) >= 11 is 0. The minimum atomic E-state index is 0.103. The molecule has 0 spiro atoms. The first-order valence-electron chi connectivity index (χ1n) is 5.41. The van der Waals surface area contributed by atoms with Gasteiger partial charge in [0.25, 0.3) is 0 Å². The predicted molar refractivity (Wildman–Crippen MR) is 48.9 cm³/mol. The zero-order chi connectivity index (χ0) is 9.10. The summed E-state index contributed by atoms with van der Waals surface area (Å²) in [6.07, 6.45) is 6.42. The standard InChI is InChI=1S/C10H19NO2/c11-9-3-1-8(2-4-9)7-10-12-5-6-13-10/h8-10H,1-7,11H2/p+1. The van der Waals surface area contributed by atoms with Crippen LogP contribution >= 0.6 is 0 Å². The second-order valence-corrected chi connectivity index (χ2v) is 4.29. The molecule has 0 bridgehead atoms. The topological polar surface area (TPSA) is 46.1 Å². The van der Waals surface area contributed by atoms with Gasteiger partial charge in [0.2, 0.25) is 0 Å². The zero-order valence-corrected chi connectivity index (χ0v) is 8.21. The minimum absolute atomic E-state index is 0.103. The van der Waals surface area contributed by atoms with Crippen molar-refractivity contribution in [3.05, 3.63) is 0 Å². The largest absolute Gasteiger partial charge is 0.355 e. The lowest BCUT2D eigenvalue weighted by Gasteiger charge is -2.25. The van der Waals surface area contributed by atoms with Gasteiger partial charge in [-0.1, -0.05) is 0 Å². The van der Waals surface area contributed by atoms with E-state index in [4.69, 9.17) is 9.47 Å². The highest BCUT2D eigenvalue weighted by atomic mass is 16.7. The number of rotatable bonds is 2. The summed E-state index contributed by atoms with van der Waals surface area (Å²) in [6.45, 7) is 1.57. The zero-order valence-electron chi connectivity index (χ0n) is 8.21. The quantitative estimate of drug-likeness (QED) is 0.684. The van der Waals surface area contributed by atoms with Crippen molar-refractivity contribution in [3.8, 4) is 0 Å². The summed E-state index contributed by atoms with van der Waals surface area (Å²) in [5, 5.41) is 0. The molecule has 2 fully saturated rings. The Morgan fingerprint density at radius 2 is 1.62 bits per heavy atom. The highest BCUT2D eigenvalue weighted by Crippen LogP contribution is 2.28. The molecule has 1 saturated heterocycles. The lowest BCUT2D eigenvalue weighted by atomic mass is 9.84. The number of ether oxygens (including phenoxy) is 2. The molecule has 3 N–H and O–H groups in total. The molecule has 2 aliphatic rings. The molecule has 0 aromatic rings. The molecule has 13 heavy (non-hydrogen) atoms. The van der Waals surface area contributed by atoms with E-state index >= 15 is 0 Å². The fourth-order valence-electron chi connectivity index (χ4n) is 2.28. The summed E-state index contributed by atoms with van der Waals surface area (Å²) in [7, 11) is 0. The molecule has 3 heteroatoms. The van der Waals surface area contributed by atoms with Crippen LogP contribution in [0.2, 0.25) is 0 Å². The second-order valence-electron chi connectivity index (χ2n) is 4.29. The highest BCUT2D eigenvalue weighted by molar-refractivity contribution is 4.72. The van der Waals surface area contributed by atoms with Gasteiger partial charge in [-0.2, -0.15) is 0 Å². The molecular weight excluding hydrogens is 166 g/mol. The molecule has 1 aliphatic carbocycles. The third-order valence-corrected chi connectivity index (χ3v) is 3.18. The maximum Gasteiger partial charge on any atom is 0.158 e. The first-order chi connectivity index (χ1) is 6.34. The Kier molecular flexibility index (Phi) is 3.19. The summed E-state index contributed by atoms with van der Waals surface area (Å²) in [5.74, 6) is 0.820. The lowest BCUT2D eigenvalue weighted by molar-refractivity contribution is -0.426. The summed E-state index contributed by atoms with van der Waals surface area (Å²) in [5.41, 5.74) is 4.10. The van der Waals surface area contributed by atoms with Gasteiger partial charge in [-0.15, -0.1) is 0 Å². The maximum absolute atomic E-state index is 5.44. The van der Waals surface area contributed by atoms with E-state index in [1.807, 2.05) is 0 Å². The van der Waals surface area contributed by atoms with Gasteiger partial charge in [0, 0.05) is 6.42 Å². The van der Waals surface area contributed by atoms with Crippen LogP contribution in [0, 0.1) is 5.92 Å². The van der Waals surface area contributed by atoms with Gasteiger partial charge in [0.15, 0.2) is 6.29 Å². The van der Waals surface area contributed by atoms with E-state index in [1.54, 1.807) is 0 Å². The molecule has 1 saturated carbocycles. The van der Waals surface area contributed by atoms with Gasteiger partial charge in [0.05, 0.1) is 19.3 Å². The van der Waals surface area contributed by atoms with Crippen molar-refractivity contribution in [3.63, 3.8) is 0 Å². The van der Waals surface area contributed by atoms with Crippen LogP contribution in [0.3, 0.4) is 0 Å². The van der Waals surface area contributed by atoms with Gasteiger partial charge >= 0.3 is 0 Å². The van der Waals surface area contributed by atoms with E-state index in [0.29, 0.717) is 6.04 Å². The van der Waals surface area contributed by atoms with Crippen molar-refractivity contribution >= 4 is 0 Å². The van der Waals surface area contributed by atoms with Crippen LogP contribution in [0.4, 0.5) is 0 Å². The maximum atomic E-state index is 5.44. The van der Waals surface area contributed by atoms with Crippen LogP contribution in [0.15, 0.2) is 0 Å². The highest BCUT2D eigenvalue weighted by Gasteiger charge is 2.25. The predicted octanol–water partition coefficient (Wildman–Crippen LogP) is 0.550. The average molecular weight is 186 g/mol. The summed E-state index contributed by atoms with van der Waals surface area (Å²) < 4.78 is 10.9. The van der Waals surface area contributed by atoms with Crippen LogP contribution in [-0.2, 0) is 9.47 Å². The van der Waals surface area contributed by atoms with Crippen LogP contribution in [0.25, 0.3) is 0 Å². The van der Waals surface area contributed by atoms with E-state index in [0.717, 1.165) is 25.6 Å². The SMILES string of the molecule is [NH3+]C1CCC(CC2OCCO2)CC1. The molecule has 2 rings (SSSR count). The Morgan fingerprint density at radius 3 is 2.23 bits per heavy atom. The van der Waals surface area contributed by atoms with Gasteiger partial charge in [-0.05, 0) is 31.6 Å². The first-order valence-corrected chi connectivity index (χ1v) is 5.41. The van der Waals surface area contributed by atoms with E-state index in [-0.39, 0.29) is 6.29 Å². The Hall–Kier alpha value is -0.120. The molecule has 0 unspecified atom stereocenters. The number of hydrogen-bond donors (Lipinski definition) is 1. The number of hydrogen-bond acceptors (Lipinski definition) is 2. The summed E-state index contributed by atoms with van der Waals surface area (Å²) in [6, 6.07) is 0.696. The molecular formula is C10H20NO2+. The minimum Gasteiger partial charge on any atom is -0.355 e. The molecule has 0 amide bonds. The second kappa shape index (κ2) is 4.40. The van der Waals surface area contributed by atoms with Gasteiger partial charge < -0.3 is 15.2 Å². The fraction of sp³-hybridized carbons (Fsp3) is 1.00. The Morgan fingerprint density at radius 1 is 1.00 bits per heavy atom. The van der Waals surface area contributed by atoms with Crippen LogP contribution in [0.5, 0.6) is 0 Å². The fourth-order valence-corrected chi connectivity index (χ4v) is 2.28. The van der Waals surface area contributed by atoms with Gasteiger partial charge in [-0.3, -0.25) is 0 Å². The smallest absolute Gasteiger partial charge is 0.158 e. The molecule has 0 atom stereocenters. The Labute approximate surface area is 79.6 Å². The van der Waals surface area contributed by atoms with Crippen molar-refractivity contribution in [2.24, 2.45) is 5.92 Å². The monoisotopic (exact) mass is 186 g/mol. The third kappa shape index (κ3) is 2.66. The van der Waals surface area contributed by atoms with Crippen LogP contribution in [-0.4, -0.2) is 25.5 Å². The summed E-state index contributed by atoms with van der Waals surface area (Å²) in [4.78, 5) is 0. The van der Waals surface area contributed by atoms with Gasteiger partial charge in [0.1, 0.15) is 0 Å². The van der Waals surface area contributed by atoms with E-state index < -0.39 is 0 Å². The Balaban J connectivity index is 1.69. The van der Waals surface area contributed by atoms with Crippen molar-refractivity contribution in [2.45, 2.75) is 44.4 Å². The lowest BCUT2D eigenvalue weighted by Crippen LogP contribution is -2.61. The molecule has 0 radical (unpaired) electrons. The number of quaternary nitrogens is 1. The average Bonchev–Trinajstić information content (AvgIpc) is 2.62. The van der Waals surface area contributed by atoms with Crippen LogP contribution in [0.1, 0.15) is 32.1 Å².